The number of hydrogen-bond donors (Lipinski definition) is 1. The second kappa shape index (κ2) is 5.92. The first kappa shape index (κ1) is 15.9. The van der Waals surface area contributed by atoms with Crippen molar-refractivity contribution in [2.45, 2.75) is 30.7 Å². The van der Waals surface area contributed by atoms with Crippen LogP contribution in [-0.2, 0) is 10.0 Å². The van der Waals surface area contributed by atoms with Gasteiger partial charge in [0.15, 0.2) is 0 Å². The van der Waals surface area contributed by atoms with Gasteiger partial charge in [-0.2, -0.15) is 0 Å². The molecule has 1 aromatic carbocycles. The normalized spacial score (nSPS) is 28.8. The van der Waals surface area contributed by atoms with Crippen LogP contribution in [0.25, 0.3) is 0 Å². The van der Waals surface area contributed by atoms with Crippen LogP contribution in [0.4, 0.5) is 0 Å². The van der Waals surface area contributed by atoms with E-state index in [1.54, 1.807) is 6.07 Å². The van der Waals surface area contributed by atoms with Crippen LogP contribution in [0.5, 0.6) is 0 Å². The van der Waals surface area contributed by atoms with Crippen LogP contribution in [0.3, 0.4) is 0 Å². The number of benzene rings is 1. The molecule has 3 fully saturated rings. The van der Waals surface area contributed by atoms with Gasteiger partial charge in [0, 0.05) is 21.5 Å². The summed E-state index contributed by atoms with van der Waals surface area (Å²) in [6.45, 7) is 4.96. The molecule has 0 radical (unpaired) electrons. The van der Waals surface area contributed by atoms with Gasteiger partial charge in [-0.05, 0) is 72.4 Å². The quantitative estimate of drug-likeness (QED) is 0.790. The van der Waals surface area contributed by atoms with Crippen molar-refractivity contribution < 1.29 is 8.42 Å². The lowest BCUT2D eigenvalue weighted by Crippen LogP contribution is -2.57. The predicted octanol–water partition coefficient (Wildman–Crippen LogP) is 2.89. The summed E-state index contributed by atoms with van der Waals surface area (Å²) in [5.41, 5.74) is 1.00. The van der Waals surface area contributed by atoms with E-state index in [1.165, 1.54) is 0 Å². The topological polar surface area (TPSA) is 49.4 Å². The van der Waals surface area contributed by atoms with E-state index >= 15 is 0 Å². The van der Waals surface area contributed by atoms with Crippen molar-refractivity contribution in [3.8, 4) is 0 Å². The maximum Gasteiger partial charge on any atom is 0.242 e. The van der Waals surface area contributed by atoms with Gasteiger partial charge in [-0.15, -0.1) is 0 Å². The molecular formula is C14H18Br2N2O2S. The summed E-state index contributed by atoms with van der Waals surface area (Å²) >= 11 is 6.78. The number of hydrogen-bond acceptors (Lipinski definition) is 3. The highest BCUT2D eigenvalue weighted by molar-refractivity contribution is 9.11. The van der Waals surface area contributed by atoms with Gasteiger partial charge in [-0.25, -0.2) is 13.1 Å². The summed E-state index contributed by atoms with van der Waals surface area (Å²) < 4.78 is 29.7. The molecule has 2 bridgehead atoms. The first-order valence-electron chi connectivity index (χ1n) is 7.07. The summed E-state index contributed by atoms with van der Waals surface area (Å²) in [6.07, 6.45) is 2.18. The van der Waals surface area contributed by atoms with Gasteiger partial charge in [-0.3, -0.25) is 0 Å². The van der Waals surface area contributed by atoms with Crippen LogP contribution < -0.4 is 4.72 Å². The van der Waals surface area contributed by atoms with E-state index in [0.717, 1.165) is 42.5 Å². The highest BCUT2D eigenvalue weighted by atomic mass is 79.9. The van der Waals surface area contributed by atoms with E-state index in [9.17, 15) is 8.42 Å². The van der Waals surface area contributed by atoms with Crippen molar-refractivity contribution in [3.63, 3.8) is 0 Å². The number of nitrogens with zero attached hydrogens (tertiary/aromatic N) is 1. The minimum Gasteiger partial charge on any atom is -0.302 e. The Hall–Kier alpha value is 0.0500. The molecule has 1 unspecified atom stereocenters. The number of halogens is 2. The number of sulfonamides is 1. The summed E-state index contributed by atoms with van der Waals surface area (Å²) in [7, 11) is -3.51. The number of fused-ring (bicyclic) bond motifs is 3. The van der Waals surface area contributed by atoms with Crippen molar-refractivity contribution in [1.82, 2.24) is 9.62 Å². The molecule has 0 saturated carbocycles. The van der Waals surface area contributed by atoms with E-state index in [4.69, 9.17) is 0 Å². The molecular weight excluding hydrogens is 420 g/mol. The second-order valence-electron chi connectivity index (χ2n) is 5.90. The molecule has 0 spiro atoms. The van der Waals surface area contributed by atoms with Crippen molar-refractivity contribution in [3.05, 3.63) is 26.6 Å². The largest absolute Gasteiger partial charge is 0.302 e. The molecule has 1 atom stereocenters. The van der Waals surface area contributed by atoms with Crippen LogP contribution in [0.1, 0.15) is 18.4 Å². The van der Waals surface area contributed by atoms with Crippen molar-refractivity contribution in [2.24, 2.45) is 5.92 Å². The summed E-state index contributed by atoms with van der Waals surface area (Å²) in [5.74, 6) is 0.470. The molecule has 0 aliphatic carbocycles. The minimum absolute atomic E-state index is 0.0319. The van der Waals surface area contributed by atoms with E-state index in [1.807, 2.05) is 13.0 Å². The average molecular weight is 438 g/mol. The van der Waals surface area contributed by atoms with Gasteiger partial charge < -0.3 is 4.90 Å². The average Bonchev–Trinajstić information content (AvgIpc) is 2.43. The number of rotatable bonds is 3. The van der Waals surface area contributed by atoms with Crippen LogP contribution in [0.2, 0.25) is 0 Å². The van der Waals surface area contributed by atoms with Crippen LogP contribution in [0.15, 0.2) is 26.0 Å². The molecule has 4 nitrogen and oxygen atoms in total. The molecule has 3 heterocycles. The molecule has 21 heavy (non-hydrogen) atoms. The van der Waals surface area contributed by atoms with Crippen LogP contribution in [-0.4, -0.2) is 39.0 Å². The maximum absolute atomic E-state index is 12.7. The smallest absolute Gasteiger partial charge is 0.242 e. The van der Waals surface area contributed by atoms with E-state index in [-0.39, 0.29) is 6.04 Å². The molecule has 3 aliphatic rings. The molecule has 0 aromatic heterocycles. The fourth-order valence-corrected chi connectivity index (χ4v) is 6.17. The molecule has 116 valence electrons. The first-order valence-corrected chi connectivity index (χ1v) is 10.1. The van der Waals surface area contributed by atoms with Crippen molar-refractivity contribution in [2.75, 3.05) is 19.6 Å². The molecule has 4 rings (SSSR count). The van der Waals surface area contributed by atoms with Gasteiger partial charge in [-0.1, -0.05) is 15.9 Å². The van der Waals surface area contributed by atoms with Gasteiger partial charge in [0.25, 0.3) is 0 Å². The fraction of sp³-hybridized carbons (Fsp3) is 0.571. The molecule has 0 amide bonds. The summed E-state index contributed by atoms with van der Waals surface area (Å²) in [4.78, 5) is 2.64. The molecule has 1 aromatic rings. The van der Waals surface area contributed by atoms with Crippen molar-refractivity contribution >= 4 is 41.9 Å². The third kappa shape index (κ3) is 3.22. The van der Waals surface area contributed by atoms with Gasteiger partial charge >= 0.3 is 0 Å². The Balaban J connectivity index is 1.86. The maximum atomic E-state index is 12.7. The summed E-state index contributed by atoms with van der Waals surface area (Å²) in [5, 5.41) is 0. The van der Waals surface area contributed by atoms with E-state index < -0.39 is 10.0 Å². The third-order valence-electron chi connectivity index (χ3n) is 4.47. The zero-order chi connectivity index (χ0) is 15.2. The standard InChI is InChI=1S/C14H18Br2N2O2S/c1-9-6-12(16)14(7-11(9)15)21(19,20)17-13-8-18-4-2-10(13)3-5-18/h6-7,10,13,17H,2-5,8H2,1H3. The Morgan fingerprint density at radius 1 is 1.19 bits per heavy atom. The lowest BCUT2D eigenvalue weighted by molar-refractivity contribution is 0.0827. The zero-order valence-corrected chi connectivity index (χ0v) is 15.8. The summed E-state index contributed by atoms with van der Waals surface area (Å²) in [6, 6.07) is 3.53. The molecule has 7 heteroatoms. The number of aryl methyl sites for hydroxylation is 1. The Labute approximate surface area is 142 Å². The number of nitrogens with one attached hydrogen (secondary N) is 1. The van der Waals surface area contributed by atoms with E-state index in [0.29, 0.717) is 15.3 Å². The van der Waals surface area contributed by atoms with Gasteiger partial charge in [0.1, 0.15) is 0 Å². The minimum atomic E-state index is -3.51. The van der Waals surface area contributed by atoms with Gasteiger partial charge in [0.05, 0.1) is 4.90 Å². The molecule has 3 saturated heterocycles. The Morgan fingerprint density at radius 2 is 1.86 bits per heavy atom. The zero-order valence-electron chi connectivity index (χ0n) is 11.8. The van der Waals surface area contributed by atoms with Gasteiger partial charge in [0.2, 0.25) is 10.0 Å². The lowest BCUT2D eigenvalue weighted by atomic mass is 9.85. The van der Waals surface area contributed by atoms with Crippen LogP contribution in [0, 0.1) is 12.8 Å². The Bertz CT molecular complexity index is 655. The first-order chi connectivity index (χ1) is 9.87. The predicted molar refractivity (Wildman–Crippen MR) is 89.9 cm³/mol. The lowest BCUT2D eigenvalue weighted by Gasteiger charge is -2.44. The fourth-order valence-electron chi connectivity index (χ4n) is 3.20. The second-order valence-corrected chi connectivity index (χ2v) is 9.29. The number of piperidine rings is 3. The molecule has 3 aliphatic heterocycles. The highest BCUT2D eigenvalue weighted by Gasteiger charge is 2.36. The van der Waals surface area contributed by atoms with E-state index in [2.05, 4.69) is 41.5 Å². The van der Waals surface area contributed by atoms with Crippen LogP contribution >= 0.6 is 31.9 Å². The highest BCUT2D eigenvalue weighted by Crippen LogP contribution is 2.31. The Kier molecular flexibility index (Phi) is 4.49. The Morgan fingerprint density at radius 3 is 2.43 bits per heavy atom. The monoisotopic (exact) mass is 436 g/mol. The third-order valence-corrected chi connectivity index (χ3v) is 7.77. The molecule has 1 N–H and O–H groups in total. The SMILES string of the molecule is Cc1cc(Br)c(S(=O)(=O)NC2CN3CCC2CC3)cc1Br. The van der Waals surface area contributed by atoms with Crippen molar-refractivity contribution in [1.29, 1.82) is 0 Å².